The van der Waals surface area contributed by atoms with E-state index in [9.17, 15) is 4.57 Å². The Labute approximate surface area is 139 Å². The molecule has 0 aliphatic carbocycles. The van der Waals surface area contributed by atoms with E-state index in [-0.39, 0.29) is 0 Å². The molecule has 117 valence electrons. The highest BCUT2D eigenvalue weighted by molar-refractivity contribution is 7.61. The molecule has 0 N–H and O–H groups in total. The van der Waals surface area contributed by atoms with E-state index in [1.54, 1.807) is 0 Å². The van der Waals surface area contributed by atoms with Gasteiger partial charge in [-0.2, -0.15) is 0 Å². The highest BCUT2D eigenvalue weighted by Gasteiger charge is 2.05. The van der Waals surface area contributed by atoms with Crippen LogP contribution in [0.25, 0.3) is 0 Å². The van der Waals surface area contributed by atoms with Crippen molar-refractivity contribution >= 4 is 18.4 Å². The number of hydrogen-bond acceptors (Lipinski definition) is 1. The van der Waals surface area contributed by atoms with Gasteiger partial charge in [0, 0.05) is 10.6 Å². The van der Waals surface area contributed by atoms with Gasteiger partial charge in [-0.25, -0.2) is 0 Å². The fourth-order valence-electron chi connectivity index (χ4n) is 2.17. The molecule has 0 aliphatic heterocycles. The van der Waals surface area contributed by atoms with Crippen molar-refractivity contribution in [1.29, 1.82) is 0 Å². The molecular formula is C21H22OP. The molecule has 3 rings (SSSR count). The fraction of sp³-hybridized carbons (Fsp3) is 0.143. The molecule has 1 nitrogen and oxygen atoms in total. The topological polar surface area (TPSA) is 17.1 Å². The lowest BCUT2D eigenvalue weighted by Gasteiger charge is -2.00. The molecule has 0 saturated carbocycles. The second kappa shape index (κ2) is 8.41. The molecule has 0 spiro atoms. The first-order valence-electron chi connectivity index (χ1n) is 7.70. The van der Waals surface area contributed by atoms with Gasteiger partial charge >= 0.3 is 0 Å². The summed E-state index contributed by atoms with van der Waals surface area (Å²) in [6.45, 7) is 6.44. The van der Waals surface area contributed by atoms with Crippen LogP contribution in [0.1, 0.15) is 16.7 Å². The van der Waals surface area contributed by atoms with Crippen LogP contribution < -0.4 is 10.6 Å². The van der Waals surface area contributed by atoms with Gasteiger partial charge in [-0.15, -0.1) is 0 Å². The van der Waals surface area contributed by atoms with Gasteiger partial charge in [-0.3, -0.25) is 4.57 Å². The molecule has 3 aromatic rings. The summed E-state index contributed by atoms with van der Waals surface area (Å²) in [6.07, 6.45) is 0. The van der Waals surface area contributed by atoms with E-state index in [4.69, 9.17) is 0 Å². The summed E-state index contributed by atoms with van der Waals surface area (Å²) in [5.41, 5.74) is 4.18. The largest absolute Gasteiger partial charge is 0.277 e. The number of hydrogen-bond donors (Lipinski definition) is 0. The average molecular weight is 321 g/mol. The summed E-state index contributed by atoms with van der Waals surface area (Å²) >= 11 is 0. The van der Waals surface area contributed by atoms with E-state index in [0.717, 1.165) is 10.6 Å². The van der Waals surface area contributed by atoms with Crippen LogP contribution in [0.15, 0.2) is 78.9 Å². The van der Waals surface area contributed by atoms with Crippen LogP contribution in [-0.4, -0.2) is 0 Å². The third-order valence-electron chi connectivity index (χ3n) is 3.86. The summed E-state index contributed by atoms with van der Waals surface area (Å²) in [5.74, 6) is 0. The first kappa shape index (κ1) is 17.1. The van der Waals surface area contributed by atoms with Gasteiger partial charge in [-0.05, 0) is 61.7 Å². The molecule has 0 heterocycles. The summed E-state index contributed by atoms with van der Waals surface area (Å²) in [5, 5.41) is 1.77. The molecule has 0 saturated heterocycles. The van der Waals surface area contributed by atoms with Crippen molar-refractivity contribution in [2.75, 3.05) is 0 Å². The molecule has 23 heavy (non-hydrogen) atoms. The van der Waals surface area contributed by atoms with Crippen molar-refractivity contribution in [3.63, 3.8) is 0 Å². The lowest BCUT2D eigenvalue weighted by atomic mass is 10.1. The van der Waals surface area contributed by atoms with E-state index >= 15 is 0 Å². The quantitative estimate of drug-likeness (QED) is 0.602. The Morgan fingerprint density at radius 1 is 0.565 bits per heavy atom. The second-order valence-corrected chi connectivity index (χ2v) is 7.10. The number of rotatable bonds is 2. The van der Waals surface area contributed by atoms with Crippen LogP contribution in [0.5, 0.6) is 0 Å². The van der Waals surface area contributed by atoms with Crippen LogP contribution in [-0.2, 0) is 4.57 Å². The van der Waals surface area contributed by atoms with Crippen LogP contribution in [0.3, 0.4) is 0 Å². The highest BCUT2D eigenvalue weighted by atomic mass is 31.1. The minimum Gasteiger partial charge on any atom is -0.277 e. The minimum absolute atomic E-state index is 0.883. The molecule has 1 radical (unpaired) electrons. The lowest BCUT2D eigenvalue weighted by molar-refractivity contribution is 0.598. The summed E-state index contributed by atoms with van der Waals surface area (Å²) < 4.78 is 12.0. The zero-order chi connectivity index (χ0) is 16.7. The molecule has 3 aromatic carbocycles. The monoisotopic (exact) mass is 321 g/mol. The third kappa shape index (κ3) is 4.87. The van der Waals surface area contributed by atoms with Crippen LogP contribution in [0.4, 0.5) is 0 Å². The number of benzene rings is 3. The van der Waals surface area contributed by atoms with Crippen molar-refractivity contribution in [3.05, 3.63) is 95.6 Å². The van der Waals surface area contributed by atoms with Gasteiger partial charge in [0.2, 0.25) is 0 Å². The Morgan fingerprint density at radius 2 is 0.957 bits per heavy atom. The SMILES string of the molecule is Cc1cccc(C)c1C.O=[P](c1ccccc1)c1ccccc1. The molecule has 2 heteroatoms. The molecule has 0 amide bonds. The maximum Gasteiger partial charge on any atom is 0.136 e. The zero-order valence-electron chi connectivity index (χ0n) is 13.9. The Balaban J connectivity index is 0.000000185. The van der Waals surface area contributed by atoms with Crippen molar-refractivity contribution in [3.8, 4) is 0 Å². The molecule has 0 atom stereocenters. The molecular weight excluding hydrogens is 299 g/mol. The van der Waals surface area contributed by atoms with Crippen LogP contribution in [0.2, 0.25) is 0 Å². The summed E-state index contributed by atoms with van der Waals surface area (Å²) in [4.78, 5) is 0. The van der Waals surface area contributed by atoms with E-state index < -0.39 is 7.80 Å². The van der Waals surface area contributed by atoms with Gasteiger partial charge in [-0.1, -0.05) is 54.6 Å². The minimum atomic E-state index is -1.42. The molecule has 0 fully saturated rings. The van der Waals surface area contributed by atoms with E-state index in [0.29, 0.717) is 0 Å². The lowest BCUT2D eigenvalue weighted by Crippen LogP contribution is -2.04. The van der Waals surface area contributed by atoms with Gasteiger partial charge in [0.05, 0.1) is 0 Å². The van der Waals surface area contributed by atoms with Crippen molar-refractivity contribution in [2.45, 2.75) is 20.8 Å². The van der Waals surface area contributed by atoms with Crippen molar-refractivity contribution in [1.82, 2.24) is 0 Å². The van der Waals surface area contributed by atoms with Gasteiger partial charge < -0.3 is 0 Å². The van der Waals surface area contributed by atoms with E-state index in [1.165, 1.54) is 16.7 Å². The molecule has 0 aromatic heterocycles. The normalized spacial score (nSPS) is 9.70. The Bertz CT molecular complexity index is 703. The smallest absolute Gasteiger partial charge is 0.136 e. The predicted molar refractivity (Wildman–Crippen MR) is 100 cm³/mol. The van der Waals surface area contributed by atoms with Crippen LogP contribution in [0, 0.1) is 20.8 Å². The van der Waals surface area contributed by atoms with E-state index in [1.807, 2.05) is 60.7 Å². The summed E-state index contributed by atoms with van der Waals surface area (Å²) in [7, 11) is -1.42. The molecule has 0 unspecified atom stereocenters. The van der Waals surface area contributed by atoms with Gasteiger partial charge in [0.15, 0.2) is 0 Å². The molecule has 0 aliphatic rings. The van der Waals surface area contributed by atoms with Gasteiger partial charge in [0.1, 0.15) is 7.80 Å². The Hall–Kier alpha value is -2.24. The van der Waals surface area contributed by atoms with Crippen molar-refractivity contribution in [2.24, 2.45) is 0 Å². The second-order valence-electron chi connectivity index (χ2n) is 5.48. The Kier molecular flexibility index (Phi) is 6.26. The Morgan fingerprint density at radius 3 is 1.30 bits per heavy atom. The zero-order valence-corrected chi connectivity index (χ0v) is 14.8. The van der Waals surface area contributed by atoms with E-state index in [2.05, 4.69) is 39.0 Å². The van der Waals surface area contributed by atoms with Crippen LogP contribution >= 0.6 is 7.80 Å². The van der Waals surface area contributed by atoms with Gasteiger partial charge in [0.25, 0.3) is 0 Å². The predicted octanol–water partition coefficient (Wildman–Crippen LogP) is 5.08. The third-order valence-corrected chi connectivity index (χ3v) is 5.39. The number of aryl methyl sites for hydroxylation is 2. The standard InChI is InChI=1S/C12H10OP.C9H12/c13-14(11-7-3-1-4-8-11)12-9-5-2-6-10-12;1-7-5-4-6-8(2)9(7)3/h1-10H;4-6H,1-3H3. The molecule has 0 bridgehead atoms. The average Bonchev–Trinajstić information content (AvgIpc) is 2.61. The first-order chi connectivity index (χ1) is 11.1. The highest BCUT2D eigenvalue weighted by Crippen LogP contribution is 2.18. The maximum absolute atomic E-state index is 12.0. The first-order valence-corrected chi connectivity index (χ1v) is 8.95. The summed E-state index contributed by atoms with van der Waals surface area (Å²) in [6, 6.07) is 25.4. The van der Waals surface area contributed by atoms with Crippen molar-refractivity contribution < 1.29 is 4.57 Å². The fourth-order valence-corrected chi connectivity index (χ4v) is 3.36. The maximum atomic E-state index is 12.0.